The topological polar surface area (TPSA) is 251 Å². The Morgan fingerprint density at radius 2 is 1.00 bits per heavy atom. The lowest BCUT2D eigenvalue weighted by Crippen LogP contribution is -2.49. The third-order valence-corrected chi connectivity index (χ3v) is 4.00. The highest BCUT2D eigenvalue weighted by Crippen LogP contribution is 2.18. The van der Waals surface area contributed by atoms with Crippen LogP contribution in [0.5, 0.6) is 0 Å². The molecule has 0 aliphatic carbocycles. The summed E-state index contributed by atoms with van der Waals surface area (Å²) in [4.78, 5) is 49.6. The SMILES string of the molecule is Nc1ncn(C2=NC3=NC(n4cnc(N)n4)=NC4=NC(n5cnc(N=O)n5)=NC(=N2)N34)n1. The van der Waals surface area contributed by atoms with E-state index < -0.39 is 0 Å². The lowest BCUT2D eigenvalue weighted by Gasteiger charge is -2.29. The molecule has 0 fully saturated rings. The molecule has 0 atom stereocenters. The van der Waals surface area contributed by atoms with E-state index in [1.165, 1.54) is 33.2 Å². The van der Waals surface area contributed by atoms with Gasteiger partial charge in [0.15, 0.2) is 0 Å². The summed E-state index contributed by atoms with van der Waals surface area (Å²) < 4.78 is 3.62. The number of nitrogen functional groups attached to an aromatic ring is 2. The number of anilines is 2. The molecule has 3 aromatic rings. The van der Waals surface area contributed by atoms with E-state index in [9.17, 15) is 4.91 Å². The molecule has 6 heterocycles. The number of hydrogen-bond acceptors (Lipinski definition) is 17. The van der Waals surface area contributed by atoms with Crippen molar-refractivity contribution >= 4 is 53.6 Å². The molecule has 0 unspecified atom stereocenters. The zero-order valence-electron chi connectivity index (χ0n) is 15.4. The van der Waals surface area contributed by atoms with Crippen molar-refractivity contribution in [2.45, 2.75) is 0 Å². The fourth-order valence-corrected chi connectivity index (χ4v) is 2.70. The van der Waals surface area contributed by atoms with Crippen molar-refractivity contribution in [1.29, 1.82) is 0 Å². The molecule has 4 N–H and O–H groups in total. The zero-order valence-corrected chi connectivity index (χ0v) is 15.4. The maximum Gasteiger partial charge on any atom is 0.309 e. The second-order valence-electron chi connectivity index (χ2n) is 5.98. The first kappa shape index (κ1) is 17.3. The second kappa shape index (κ2) is 6.22. The van der Waals surface area contributed by atoms with Crippen LogP contribution in [0.3, 0.4) is 0 Å². The minimum Gasteiger partial charge on any atom is -0.366 e. The molecule has 3 aliphatic heterocycles. The summed E-state index contributed by atoms with van der Waals surface area (Å²) in [6, 6.07) is 0. The number of rotatable bonds is 1. The van der Waals surface area contributed by atoms with Crippen molar-refractivity contribution in [3.05, 3.63) is 23.9 Å². The Morgan fingerprint density at radius 3 is 1.38 bits per heavy atom. The van der Waals surface area contributed by atoms with Crippen molar-refractivity contribution in [2.24, 2.45) is 35.1 Å². The third kappa shape index (κ3) is 2.63. The predicted molar refractivity (Wildman–Crippen MR) is 107 cm³/mol. The van der Waals surface area contributed by atoms with E-state index in [4.69, 9.17) is 11.5 Å². The average molecular weight is 433 g/mol. The van der Waals surface area contributed by atoms with Crippen LogP contribution in [-0.4, -0.2) is 85.0 Å². The van der Waals surface area contributed by atoms with Crippen molar-refractivity contribution in [3.63, 3.8) is 0 Å². The summed E-state index contributed by atoms with van der Waals surface area (Å²) in [5.74, 6) is 0.149. The van der Waals surface area contributed by atoms with Crippen molar-refractivity contribution < 1.29 is 0 Å². The van der Waals surface area contributed by atoms with Gasteiger partial charge in [0.05, 0.1) is 0 Å². The van der Waals surface area contributed by atoms with Crippen LogP contribution in [-0.2, 0) is 0 Å². The molecule has 0 radical (unpaired) electrons. The van der Waals surface area contributed by atoms with Gasteiger partial charge in [0, 0.05) is 5.18 Å². The fourth-order valence-electron chi connectivity index (χ4n) is 2.70. The lowest BCUT2D eigenvalue weighted by atomic mass is 10.5. The number of guanidine groups is 3. The van der Waals surface area contributed by atoms with E-state index in [-0.39, 0.29) is 53.6 Å². The summed E-state index contributed by atoms with van der Waals surface area (Å²) >= 11 is 0. The minimum absolute atomic E-state index is 0.000733. The normalized spacial score (nSPS) is 16.9. The van der Waals surface area contributed by atoms with Gasteiger partial charge in [0.1, 0.15) is 19.0 Å². The Kier molecular flexibility index (Phi) is 3.36. The Hall–Kier alpha value is -5.56. The molecule has 0 saturated carbocycles. The predicted octanol–water partition coefficient (Wildman–Crippen LogP) is -2.55. The summed E-state index contributed by atoms with van der Waals surface area (Å²) in [6.07, 6.45) is 3.87. The third-order valence-electron chi connectivity index (χ3n) is 4.00. The Labute approximate surface area is 174 Å². The molecule has 32 heavy (non-hydrogen) atoms. The van der Waals surface area contributed by atoms with Gasteiger partial charge in [0.25, 0.3) is 17.9 Å². The van der Waals surface area contributed by atoms with E-state index in [0.717, 1.165) is 4.68 Å². The zero-order chi connectivity index (χ0) is 21.8. The lowest BCUT2D eigenvalue weighted by molar-refractivity contribution is 0.786. The molecule has 3 aliphatic rings. The Balaban J connectivity index is 1.53. The van der Waals surface area contributed by atoms with Crippen LogP contribution in [0.1, 0.15) is 0 Å². The molecule has 156 valence electrons. The van der Waals surface area contributed by atoms with Gasteiger partial charge in [-0.25, -0.2) is 14.9 Å². The maximum atomic E-state index is 10.7. The average Bonchev–Trinajstić information content (AvgIpc) is 3.54. The number of nitroso groups, excluding NO2 is 1. The van der Waals surface area contributed by atoms with Gasteiger partial charge in [-0.2, -0.15) is 49.0 Å². The maximum absolute atomic E-state index is 10.7. The van der Waals surface area contributed by atoms with E-state index in [0.29, 0.717) is 0 Å². The summed E-state index contributed by atoms with van der Waals surface area (Å²) in [5.41, 5.74) is 11.2. The summed E-state index contributed by atoms with van der Waals surface area (Å²) in [5, 5.41) is 14.5. The molecule has 0 saturated heterocycles. The molecular weight excluding hydrogens is 426 g/mol. The van der Waals surface area contributed by atoms with Crippen molar-refractivity contribution in [2.75, 3.05) is 11.5 Å². The molecule has 3 aromatic heterocycles. The molecule has 20 nitrogen and oxygen atoms in total. The number of nitrogens with zero attached hydrogens (tertiary/aromatic N) is 17. The number of aliphatic imine (C=N–C) groups is 6. The van der Waals surface area contributed by atoms with Gasteiger partial charge < -0.3 is 11.5 Å². The highest BCUT2D eigenvalue weighted by molar-refractivity contribution is 6.30. The number of nitrogens with two attached hydrogens (primary N) is 2. The van der Waals surface area contributed by atoms with Crippen LogP contribution in [0.2, 0.25) is 0 Å². The molecule has 20 heteroatoms. The molecule has 0 bridgehead atoms. The molecular formula is C12H7N19O. The molecule has 6 rings (SSSR count). The van der Waals surface area contributed by atoms with Crippen LogP contribution in [0, 0.1) is 4.91 Å². The molecule has 0 amide bonds. The van der Waals surface area contributed by atoms with E-state index >= 15 is 0 Å². The first-order chi connectivity index (χ1) is 15.6. The van der Waals surface area contributed by atoms with E-state index in [1.54, 1.807) is 0 Å². The Bertz CT molecular complexity index is 1430. The van der Waals surface area contributed by atoms with Crippen LogP contribution < -0.4 is 11.5 Å². The fraction of sp³-hybridized carbons (Fsp3) is 0. The van der Waals surface area contributed by atoms with Crippen molar-refractivity contribution in [1.82, 2.24) is 49.2 Å². The van der Waals surface area contributed by atoms with Gasteiger partial charge in [-0.05, 0) is 0 Å². The smallest absolute Gasteiger partial charge is 0.309 e. The van der Waals surface area contributed by atoms with Crippen molar-refractivity contribution in [3.8, 4) is 0 Å². The van der Waals surface area contributed by atoms with Crippen LogP contribution in [0.25, 0.3) is 0 Å². The highest BCUT2D eigenvalue weighted by atomic mass is 16.3. The monoisotopic (exact) mass is 433 g/mol. The standard InChI is InChI=1S/C12H7N19O/c13-4-15-1-28(24-4)7-18-10-19-8(29-2-16-5(14)25-29)21-12-23-9(22-11(20-7)31(10)12)30-3-17-6(26-30)27-32/h1-3H,(H2,13,24)(H2,14,25). The van der Waals surface area contributed by atoms with Gasteiger partial charge >= 0.3 is 5.95 Å². The first-order valence-electron chi connectivity index (χ1n) is 8.50. The molecule has 0 spiro atoms. The molecule has 0 aromatic carbocycles. The van der Waals surface area contributed by atoms with Gasteiger partial charge in [0.2, 0.25) is 29.8 Å². The number of aromatic nitrogens is 9. The Morgan fingerprint density at radius 1 is 0.594 bits per heavy atom. The minimum atomic E-state index is -0.297. The highest BCUT2D eigenvalue weighted by Gasteiger charge is 2.36. The van der Waals surface area contributed by atoms with Gasteiger partial charge in [-0.15, -0.1) is 20.2 Å². The largest absolute Gasteiger partial charge is 0.366 e. The van der Waals surface area contributed by atoms with Gasteiger partial charge in [-0.3, -0.25) is 0 Å². The summed E-state index contributed by atoms with van der Waals surface area (Å²) in [6.45, 7) is 0. The first-order valence-corrected chi connectivity index (χ1v) is 8.50. The number of hydrogen-bond donors (Lipinski definition) is 2. The second-order valence-corrected chi connectivity index (χ2v) is 5.98. The quantitative estimate of drug-likeness (QED) is 0.380. The van der Waals surface area contributed by atoms with Crippen LogP contribution in [0.4, 0.5) is 17.8 Å². The van der Waals surface area contributed by atoms with E-state index in [1.807, 2.05) is 0 Å². The van der Waals surface area contributed by atoms with Crippen LogP contribution >= 0.6 is 0 Å². The summed E-state index contributed by atoms with van der Waals surface area (Å²) in [7, 11) is 0. The van der Waals surface area contributed by atoms with E-state index in [2.05, 4.69) is 65.4 Å². The van der Waals surface area contributed by atoms with Crippen LogP contribution in [0.15, 0.2) is 54.1 Å². The van der Waals surface area contributed by atoms with Gasteiger partial charge in [-0.1, -0.05) is 0 Å².